The predicted octanol–water partition coefficient (Wildman–Crippen LogP) is 1.60. The lowest BCUT2D eigenvalue weighted by Gasteiger charge is -2.04. The van der Waals surface area contributed by atoms with Gasteiger partial charge in [0.25, 0.3) is 0 Å². The largest absolute Gasteiger partial charge is 0.326 e. The van der Waals surface area contributed by atoms with Gasteiger partial charge in [-0.3, -0.25) is 9.67 Å². The minimum Gasteiger partial charge on any atom is -0.326 e. The molecule has 0 saturated heterocycles. The van der Waals surface area contributed by atoms with Gasteiger partial charge in [0, 0.05) is 42.7 Å². The molecule has 4 nitrogen and oxygen atoms in total. The van der Waals surface area contributed by atoms with Crippen molar-refractivity contribution in [2.75, 3.05) is 0 Å². The summed E-state index contributed by atoms with van der Waals surface area (Å²) in [7, 11) is 0. The zero-order chi connectivity index (χ0) is 12.3. The van der Waals surface area contributed by atoms with Gasteiger partial charge in [-0.1, -0.05) is 6.07 Å². The van der Waals surface area contributed by atoms with Crippen LogP contribution in [0.1, 0.15) is 22.6 Å². The molecule has 0 atom stereocenters. The fraction of sp³-hybridized carbons (Fsp3) is 0.385. The van der Waals surface area contributed by atoms with Crippen LogP contribution in [0.4, 0.5) is 0 Å². The number of nitrogens with two attached hydrogens (primary N) is 1. The fourth-order valence-electron chi connectivity index (χ4n) is 2.01. The van der Waals surface area contributed by atoms with E-state index in [1.54, 1.807) is 0 Å². The highest BCUT2D eigenvalue weighted by Crippen LogP contribution is 2.12. The lowest BCUT2D eigenvalue weighted by Crippen LogP contribution is -2.07. The summed E-state index contributed by atoms with van der Waals surface area (Å²) in [6.07, 6.45) is 2.72. The van der Waals surface area contributed by atoms with Crippen LogP contribution in [0.3, 0.4) is 0 Å². The van der Waals surface area contributed by atoms with Crippen LogP contribution >= 0.6 is 0 Å². The van der Waals surface area contributed by atoms with E-state index < -0.39 is 0 Å². The van der Waals surface area contributed by atoms with Gasteiger partial charge in [-0.25, -0.2) is 0 Å². The standard InChI is InChI=1S/C13H18N4/c1-10-13(9-14)11(2)17(16-10)8-6-12-5-3-4-7-15-12/h3-5,7H,6,8-9,14H2,1-2H3. The molecule has 0 amide bonds. The monoisotopic (exact) mass is 230 g/mol. The molecule has 0 bridgehead atoms. The van der Waals surface area contributed by atoms with E-state index in [9.17, 15) is 0 Å². The lowest BCUT2D eigenvalue weighted by atomic mass is 10.2. The van der Waals surface area contributed by atoms with Gasteiger partial charge in [-0.05, 0) is 26.0 Å². The van der Waals surface area contributed by atoms with Crippen molar-refractivity contribution >= 4 is 0 Å². The summed E-state index contributed by atoms with van der Waals surface area (Å²) in [4.78, 5) is 4.31. The Bertz CT molecular complexity index is 488. The van der Waals surface area contributed by atoms with Gasteiger partial charge in [0.2, 0.25) is 0 Å². The van der Waals surface area contributed by atoms with E-state index in [-0.39, 0.29) is 0 Å². The number of rotatable bonds is 4. The molecule has 90 valence electrons. The van der Waals surface area contributed by atoms with Crippen LogP contribution in [0, 0.1) is 13.8 Å². The molecule has 2 aromatic heterocycles. The van der Waals surface area contributed by atoms with Crippen LogP contribution in [-0.4, -0.2) is 14.8 Å². The number of aryl methyl sites for hydroxylation is 3. The van der Waals surface area contributed by atoms with E-state index >= 15 is 0 Å². The van der Waals surface area contributed by atoms with Gasteiger partial charge in [-0.2, -0.15) is 5.10 Å². The van der Waals surface area contributed by atoms with Crippen molar-refractivity contribution in [3.05, 3.63) is 47.0 Å². The van der Waals surface area contributed by atoms with Crippen molar-refractivity contribution in [2.45, 2.75) is 33.4 Å². The van der Waals surface area contributed by atoms with Gasteiger partial charge in [0.05, 0.1) is 5.69 Å². The van der Waals surface area contributed by atoms with E-state index in [0.717, 1.165) is 29.9 Å². The summed E-state index contributed by atoms with van der Waals surface area (Å²) in [5.41, 5.74) is 10.2. The van der Waals surface area contributed by atoms with Crippen molar-refractivity contribution in [3.8, 4) is 0 Å². The molecule has 17 heavy (non-hydrogen) atoms. The number of aromatic nitrogens is 3. The second kappa shape index (κ2) is 5.10. The summed E-state index contributed by atoms with van der Waals surface area (Å²) >= 11 is 0. The summed E-state index contributed by atoms with van der Waals surface area (Å²) < 4.78 is 2.02. The van der Waals surface area contributed by atoms with Gasteiger partial charge in [0.1, 0.15) is 0 Å². The molecule has 0 aliphatic rings. The van der Waals surface area contributed by atoms with E-state index in [2.05, 4.69) is 17.0 Å². The highest BCUT2D eigenvalue weighted by atomic mass is 15.3. The molecule has 2 aromatic rings. The first-order chi connectivity index (χ1) is 8.22. The molecular weight excluding hydrogens is 212 g/mol. The van der Waals surface area contributed by atoms with E-state index in [4.69, 9.17) is 5.73 Å². The minimum absolute atomic E-state index is 0.557. The maximum absolute atomic E-state index is 5.71. The second-order valence-electron chi connectivity index (χ2n) is 4.15. The first-order valence-electron chi connectivity index (χ1n) is 5.85. The Kier molecular flexibility index (Phi) is 3.54. The van der Waals surface area contributed by atoms with E-state index in [1.807, 2.05) is 36.0 Å². The van der Waals surface area contributed by atoms with Crippen molar-refractivity contribution < 1.29 is 0 Å². The van der Waals surface area contributed by atoms with Gasteiger partial charge >= 0.3 is 0 Å². The lowest BCUT2D eigenvalue weighted by molar-refractivity contribution is 0.588. The SMILES string of the molecule is Cc1nn(CCc2ccccn2)c(C)c1CN. The average molecular weight is 230 g/mol. The van der Waals surface area contributed by atoms with Crippen LogP contribution in [0.2, 0.25) is 0 Å². The average Bonchev–Trinajstić information content (AvgIpc) is 2.63. The molecule has 0 spiro atoms. The maximum atomic E-state index is 5.71. The highest BCUT2D eigenvalue weighted by Gasteiger charge is 2.09. The minimum atomic E-state index is 0.557. The van der Waals surface area contributed by atoms with E-state index in [1.165, 1.54) is 5.69 Å². The molecule has 0 fully saturated rings. The van der Waals surface area contributed by atoms with Crippen molar-refractivity contribution in [3.63, 3.8) is 0 Å². The van der Waals surface area contributed by atoms with Crippen LogP contribution in [0.5, 0.6) is 0 Å². The Morgan fingerprint density at radius 3 is 2.71 bits per heavy atom. The smallest absolute Gasteiger partial charge is 0.0641 e. The van der Waals surface area contributed by atoms with Crippen LogP contribution in [0.15, 0.2) is 24.4 Å². The summed E-state index contributed by atoms with van der Waals surface area (Å²) in [5, 5.41) is 4.50. The summed E-state index contributed by atoms with van der Waals surface area (Å²) in [6, 6.07) is 5.98. The first-order valence-corrected chi connectivity index (χ1v) is 5.85. The molecule has 0 radical (unpaired) electrons. The number of pyridine rings is 1. The molecule has 0 saturated carbocycles. The number of hydrogen-bond acceptors (Lipinski definition) is 3. The quantitative estimate of drug-likeness (QED) is 0.868. The summed E-state index contributed by atoms with van der Waals surface area (Å²) in [6.45, 7) is 5.48. The Morgan fingerprint density at radius 2 is 2.12 bits per heavy atom. The highest BCUT2D eigenvalue weighted by molar-refractivity contribution is 5.24. The number of nitrogens with zero attached hydrogens (tertiary/aromatic N) is 3. The molecule has 0 aliphatic carbocycles. The first kappa shape index (κ1) is 11.8. The number of hydrogen-bond donors (Lipinski definition) is 1. The third-order valence-corrected chi connectivity index (χ3v) is 3.04. The topological polar surface area (TPSA) is 56.7 Å². The Labute approximate surface area is 101 Å². The molecule has 0 aromatic carbocycles. The van der Waals surface area contributed by atoms with Crippen LogP contribution < -0.4 is 5.73 Å². The second-order valence-corrected chi connectivity index (χ2v) is 4.15. The molecule has 2 rings (SSSR count). The maximum Gasteiger partial charge on any atom is 0.0641 e. The normalized spacial score (nSPS) is 10.8. The zero-order valence-electron chi connectivity index (χ0n) is 10.3. The molecule has 4 heteroatoms. The molecule has 0 aliphatic heterocycles. The molecule has 0 unspecified atom stereocenters. The third-order valence-electron chi connectivity index (χ3n) is 3.04. The fourth-order valence-corrected chi connectivity index (χ4v) is 2.01. The van der Waals surface area contributed by atoms with Gasteiger partial charge < -0.3 is 5.73 Å². The Morgan fingerprint density at radius 1 is 1.29 bits per heavy atom. The Balaban J connectivity index is 2.10. The summed E-state index contributed by atoms with van der Waals surface area (Å²) in [5.74, 6) is 0. The van der Waals surface area contributed by atoms with Crippen molar-refractivity contribution in [1.29, 1.82) is 0 Å². The Hall–Kier alpha value is -1.68. The van der Waals surface area contributed by atoms with Crippen LogP contribution in [-0.2, 0) is 19.5 Å². The predicted molar refractivity (Wildman–Crippen MR) is 67.5 cm³/mol. The molecule has 2 N–H and O–H groups in total. The molecule has 2 heterocycles. The molecular formula is C13H18N4. The van der Waals surface area contributed by atoms with Crippen molar-refractivity contribution in [2.24, 2.45) is 5.73 Å². The van der Waals surface area contributed by atoms with E-state index in [0.29, 0.717) is 6.54 Å². The van der Waals surface area contributed by atoms with Gasteiger partial charge in [-0.15, -0.1) is 0 Å². The third kappa shape index (κ3) is 2.53. The van der Waals surface area contributed by atoms with Crippen molar-refractivity contribution in [1.82, 2.24) is 14.8 Å². The van der Waals surface area contributed by atoms with Crippen LogP contribution in [0.25, 0.3) is 0 Å². The van der Waals surface area contributed by atoms with Gasteiger partial charge in [0.15, 0.2) is 0 Å². The zero-order valence-corrected chi connectivity index (χ0v) is 10.3.